The first-order valence-electron chi connectivity index (χ1n) is 6.43. The summed E-state index contributed by atoms with van der Waals surface area (Å²) < 4.78 is 27.2. The first kappa shape index (κ1) is 14.8. The summed E-state index contributed by atoms with van der Waals surface area (Å²) in [5.74, 6) is 3.29. The Hall–Kier alpha value is -0.590. The molecule has 1 aromatic heterocycles. The van der Waals surface area contributed by atoms with Crippen LogP contribution in [0.2, 0.25) is 0 Å². The van der Waals surface area contributed by atoms with Crippen molar-refractivity contribution >= 4 is 15.9 Å². The van der Waals surface area contributed by atoms with Crippen LogP contribution in [0.3, 0.4) is 0 Å². The number of aromatic nitrogens is 1. The van der Waals surface area contributed by atoms with E-state index in [9.17, 15) is 8.78 Å². The van der Waals surface area contributed by atoms with Crippen molar-refractivity contribution in [3.05, 3.63) is 28.5 Å². The van der Waals surface area contributed by atoms with Gasteiger partial charge in [-0.15, -0.1) is 0 Å². The first-order chi connectivity index (χ1) is 9.00. The monoisotopic (exact) mass is 333 g/mol. The van der Waals surface area contributed by atoms with E-state index in [4.69, 9.17) is 5.84 Å². The summed E-state index contributed by atoms with van der Waals surface area (Å²) in [5, 5.41) is 0. The Morgan fingerprint density at radius 1 is 1.42 bits per heavy atom. The minimum Gasteiger partial charge on any atom is -0.271 e. The summed E-state index contributed by atoms with van der Waals surface area (Å²) in [6.45, 7) is 0. The SMILES string of the molecule is NNC(Cc1cncc(Br)c1)C1CCC(F)(F)CC1. The van der Waals surface area contributed by atoms with Gasteiger partial charge in [0.05, 0.1) is 0 Å². The van der Waals surface area contributed by atoms with Crippen molar-refractivity contribution in [2.75, 3.05) is 0 Å². The van der Waals surface area contributed by atoms with Gasteiger partial charge in [0.15, 0.2) is 0 Å². The number of nitrogens with one attached hydrogen (secondary N) is 1. The van der Waals surface area contributed by atoms with E-state index >= 15 is 0 Å². The highest BCUT2D eigenvalue weighted by Crippen LogP contribution is 2.37. The third kappa shape index (κ3) is 4.19. The first-order valence-corrected chi connectivity index (χ1v) is 7.23. The molecule has 1 unspecified atom stereocenters. The predicted molar refractivity (Wildman–Crippen MR) is 73.7 cm³/mol. The van der Waals surface area contributed by atoms with E-state index in [-0.39, 0.29) is 24.8 Å². The van der Waals surface area contributed by atoms with Crippen LogP contribution in [0.1, 0.15) is 31.2 Å². The van der Waals surface area contributed by atoms with Crippen molar-refractivity contribution in [2.24, 2.45) is 11.8 Å². The molecule has 0 aromatic carbocycles. The van der Waals surface area contributed by atoms with Crippen LogP contribution in [-0.4, -0.2) is 16.9 Å². The minimum absolute atomic E-state index is 0.0206. The predicted octanol–water partition coefficient (Wildman–Crippen LogP) is 3.04. The number of halogens is 3. The van der Waals surface area contributed by atoms with Crippen LogP contribution in [-0.2, 0) is 6.42 Å². The lowest BCUT2D eigenvalue weighted by Crippen LogP contribution is -2.44. The van der Waals surface area contributed by atoms with E-state index in [2.05, 4.69) is 26.3 Å². The summed E-state index contributed by atoms with van der Waals surface area (Å²) in [5.41, 5.74) is 3.83. The highest BCUT2D eigenvalue weighted by molar-refractivity contribution is 9.10. The molecule has 1 atom stereocenters. The van der Waals surface area contributed by atoms with Crippen LogP contribution < -0.4 is 11.3 Å². The fourth-order valence-corrected chi connectivity index (χ4v) is 3.06. The van der Waals surface area contributed by atoms with Gasteiger partial charge in [-0.2, -0.15) is 0 Å². The van der Waals surface area contributed by atoms with E-state index in [1.165, 1.54) is 0 Å². The van der Waals surface area contributed by atoms with Crippen LogP contribution in [0.4, 0.5) is 8.78 Å². The minimum atomic E-state index is -2.49. The summed E-state index contributed by atoms with van der Waals surface area (Å²) in [7, 11) is 0. The Bertz CT molecular complexity index is 418. The number of hydrogen-bond donors (Lipinski definition) is 2. The molecule has 1 aliphatic rings. The second-order valence-corrected chi connectivity index (χ2v) is 6.10. The van der Waals surface area contributed by atoms with Crippen molar-refractivity contribution in [1.29, 1.82) is 0 Å². The van der Waals surface area contributed by atoms with Crippen molar-refractivity contribution in [3.63, 3.8) is 0 Å². The molecule has 1 heterocycles. The van der Waals surface area contributed by atoms with Gasteiger partial charge >= 0.3 is 0 Å². The van der Waals surface area contributed by atoms with Crippen LogP contribution in [0.5, 0.6) is 0 Å². The fraction of sp³-hybridized carbons (Fsp3) is 0.615. The van der Waals surface area contributed by atoms with Gasteiger partial charge in [-0.25, -0.2) is 8.78 Å². The summed E-state index contributed by atoms with van der Waals surface area (Å²) >= 11 is 3.37. The smallest absolute Gasteiger partial charge is 0.248 e. The Morgan fingerprint density at radius 2 is 2.11 bits per heavy atom. The molecule has 0 radical (unpaired) electrons. The second-order valence-electron chi connectivity index (χ2n) is 5.18. The van der Waals surface area contributed by atoms with Gasteiger partial charge in [-0.05, 0) is 52.7 Å². The van der Waals surface area contributed by atoms with Gasteiger partial charge in [0, 0.05) is 35.7 Å². The van der Waals surface area contributed by atoms with E-state index in [1.807, 2.05) is 6.07 Å². The summed E-state index contributed by atoms with van der Waals surface area (Å²) in [4.78, 5) is 4.10. The average molecular weight is 334 g/mol. The quantitative estimate of drug-likeness (QED) is 0.657. The molecule has 2 rings (SSSR count). The van der Waals surface area contributed by atoms with Crippen LogP contribution in [0.25, 0.3) is 0 Å². The molecule has 1 fully saturated rings. The highest BCUT2D eigenvalue weighted by atomic mass is 79.9. The standard InChI is InChI=1S/C13H18BrF2N3/c14-11-5-9(7-18-8-11)6-12(19-17)10-1-3-13(15,16)4-2-10/h5,7-8,10,12,19H,1-4,6,17H2. The molecule has 0 saturated heterocycles. The summed E-state index contributed by atoms with van der Waals surface area (Å²) in [6, 6.07) is 2.00. The Balaban J connectivity index is 1.97. The van der Waals surface area contributed by atoms with Gasteiger partial charge in [0.25, 0.3) is 0 Å². The van der Waals surface area contributed by atoms with Crippen molar-refractivity contribution in [3.8, 4) is 0 Å². The number of nitrogens with zero attached hydrogens (tertiary/aromatic N) is 1. The molecule has 0 spiro atoms. The van der Waals surface area contributed by atoms with Gasteiger partial charge in [0.1, 0.15) is 0 Å². The molecule has 3 nitrogen and oxygen atoms in total. The lowest BCUT2D eigenvalue weighted by molar-refractivity contribution is -0.0495. The molecule has 3 N–H and O–H groups in total. The molecule has 1 saturated carbocycles. The second kappa shape index (κ2) is 6.24. The van der Waals surface area contributed by atoms with E-state index in [0.717, 1.165) is 10.0 Å². The lowest BCUT2D eigenvalue weighted by Gasteiger charge is -2.33. The number of hydrogen-bond acceptors (Lipinski definition) is 3. The largest absolute Gasteiger partial charge is 0.271 e. The Labute approximate surface area is 120 Å². The number of alkyl halides is 2. The van der Waals surface area contributed by atoms with E-state index in [1.54, 1.807) is 12.4 Å². The van der Waals surface area contributed by atoms with Crippen LogP contribution in [0, 0.1) is 5.92 Å². The normalized spacial score (nSPS) is 21.3. The lowest BCUT2D eigenvalue weighted by atomic mass is 9.80. The molecule has 6 heteroatoms. The molecule has 0 amide bonds. The van der Waals surface area contributed by atoms with Crippen LogP contribution in [0.15, 0.2) is 22.9 Å². The highest BCUT2D eigenvalue weighted by Gasteiger charge is 2.37. The molecular formula is C13H18BrF2N3. The average Bonchev–Trinajstić information content (AvgIpc) is 2.36. The number of nitrogens with two attached hydrogens (primary N) is 1. The molecule has 0 bridgehead atoms. The third-order valence-electron chi connectivity index (χ3n) is 3.76. The topological polar surface area (TPSA) is 50.9 Å². The van der Waals surface area contributed by atoms with Gasteiger partial charge in [0.2, 0.25) is 5.92 Å². The molecular weight excluding hydrogens is 316 g/mol. The zero-order valence-corrected chi connectivity index (χ0v) is 12.2. The van der Waals surface area contributed by atoms with Crippen LogP contribution >= 0.6 is 15.9 Å². The van der Waals surface area contributed by atoms with Crippen molar-refractivity contribution in [2.45, 2.75) is 44.1 Å². The molecule has 106 valence electrons. The molecule has 19 heavy (non-hydrogen) atoms. The molecule has 1 aromatic rings. The van der Waals surface area contributed by atoms with Gasteiger partial charge in [-0.3, -0.25) is 16.3 Å². The fourth-order valence-electron chi connectivity index (χ4n) is 2.65. The zero-order valence-electron chi connectivity index (χ0n) is 10.6. The van der Waals surface area contributed by atoms with E-state index in [0.29, 0.717) is 19.3 Å². The van der Waals surface area contributed by atoms with Crippen molar-refractivity contribution < 1.29 is 8.78 Å². The number of hydrazine groups is 1. The number of rotatable bonds is 4. The maximum atomic E-state index is 13.2. The Kier molecular flexibility index (Phi) is 4.86. The summed E-state index contributed by atoms with van der Waals surface area (Å²) in [6.07, 6.45) is 5.17. The Morgan fingerprint density at radius 3 is 2.68 bits per heavy atom. The third-order valence-corrected chi connectivity index (χ3v) is 4.20. The maximum absolute atomic E-state index is 13.2. The maximum Gasteiger partial charge on any atom is 0.248 e. The van der Waals surface area contributed by atoms with E-state index < -0.39 is 5.92 Å². The van der Waals surface area contributed by atoms with Gasteiger partial charge < -0.3 is 0 Å². The van der Waals surface area contributed by atoms with Gasteiger partial charge in [-0.1, -0.05) is 0 Å². The molecule has 0 aliphatic heterocycles. The van der Waals surface area contributed by atoms with Crippen molar-refractivity contribution in [1.82, 2.24) is 10.4 Å². The number of pyridine rings is 1. The zero-order chi connectivity index (χ0) is 13.9. The molecule has 1 aliphatic carbocycles.